The molecule has 2 N–H and O–H groups in total. The van der Waals surface area contributed by atoms with Gasteiger partial charge in [0, 0.05) is 6.54 Å². The van der Waals surface area contributed by atoms with Gasteiger partial charge in [-0.1, -0.05) is 12.1 Å². The molecule has 0 aliphatic heterocycles. The van der Waals surface area contributed by atoms with Crippen molar-refractivity contribution in [1.82, 2.24) is 4.72 Å². The van der Waals surface area contributed by atoms with Crippen molar-refractivity contribution in [3.8, 4) is 0 Å². The van der Waals surface area contributed by atoms with Crippen LogP contribution in [0, 0.1) is 6.92 Å². The number of aliphatic hydroxyl groups is 1. The third-order valence-corrected chi connectivity index (χ3v) is 4.13. The molecule has 0 radical (unpaired) electrons. The minimum Gasteiger partial charge on any atom is -0.392 e. The number of rotatable bonds is 7. The van der Waals surface area contributed by atoms with Gasteiger partial charge in [-0.05, 0) is 24.1 Å². The lowest BCUT2D eigenvalue weighted by atomic mass is 10.2. The SMILES string of the molecule is Cc1ccc(CO)cc1S(=O)(=O)NCCOCC(F)(F)F. The summed E-state index contributed by atoms with van der Waals surface area (Å²) in [7, 11) is -3.86. The van der Waals surface area contributed by atoms with Gasteiger partial charge in [-0.15, -0.1) is 0 Å². The maximum atomic E-state index is 12.0. The highest BCUT2D eigenvalue weighted by molar-refractivity contribution is 7.89. The topological polar surface area (TPSA) is 75.6 Å². The van der Waals surface area contributed by atoms with Gasteiger partial charge in [0.1, 0.15) is 6.61 Å². The summed E-state index contributed by atoms with van der Waals surface area (Å²) >= 11 is 0. The zero-order valence-corrected chi connectivity index (χ0v) is 12.1. The molecule has 0 amide bonds. The normalized spacial score (nSPS) is 12.6. The number of hydrogen-bond donors (Lipinski definition) is 2. The molecular weight excluding hydrogens is 311 g/mol. The molecule has 1 aromatic rings. The van der Waals surface area contributed by atoms with Crippen LogP contribution in [0.15, 0.2) is 23.1 Å². The van der Waals surface area contributed by atoms with Crippen LogP contribution in [0.5, 0.6) is 0 Å². The summed E-state index contributed by atoms with van der Waals surface area (Å²) in [6.07, 6.45) is -4.44. The molecule has 0 saturated heterocycles. The number of aliphatic hydroxyl groups excluding tert-OH is 1. The van der Waals surface area contributed by atoms with E-state index in [1.165, 1.54) is 6.07 Å². The third kappa shape index (κ3) is 6.00. The van der Waals surface area contributed by atoms with Gasteiger partial charge in [-0.3, -0.25) is 0 Å². The first-order chi connectivity index (χ1) is 9.65. The molecule has 0 heterocycles. The Morgan fingerprint density at radius 1 is 1.33 bits per heavy atom. The number of sulfonamides is 1. The molecule has 0 fully saturated rings. The van der Waals surface area contributed by atoms with E-state index in [2.05, 4.69) is 9.46 Å². The van der Waals surface area contributed by atoms with Crippen LogP contribution >= 0.6 is 0 Å². The Kier molecular flexibility index (Phi) is 6.14. The lowest BCUT2D eigenvalue weighted by Crippen LogP contribution is -2.29. The number of ether oxygens (including phenoxy) is 1. The highest BCUT2D eigenvalue weighted by Crippen LogP contribution is 2.17. The lowest BCUT2D eigenvalue weighted by Gasteiger charge is -2.11. The van der Waals surface area contributed by atoms with E-state index in [0.29, 0.717) is 11.1 Å². The first kappa shape index (κ1) is 17.9. The summed E-state index contributed by atoms with van der Waals surface area (Å²) in [5, 5.41) is 9.00. The van der Waals surface area contributed by atoms with Crippen molar-refractivity contribution >= 4 is 10.0 Å². The average molecular weight is 327 g/mol. The number of aryl methyl sites for hydroxylation is 1. The Hall–Kier alpha value is -1.16. The third-order valence-electron chi connectivity index (χ3n) is 2.53. The summed E-state index contributed by atoms with van der Waals surface area (Å²) in [4.78, 5) is -0.0233. The fourth-order valence-corrected chi connectivity index (χ4v) is 2.85. The van der Waals surface area contributed by atoms with E-state index in [4.69, 9.17) is 5.11 Å². The Morgan fingerprint density at radius 2 is 2.00 bits per heavy atom. The van der Waals surface area contributed by atoms with Crippen molar-refractivity contribution in [1.29, 1.82) is 0 Å². The van der Waals surface area contributed by atoms with Crippen molar-refractivity contribution in [3.63, 3.8) is 0 Å². The van der Waals surface area contributed by atoms with Crippen LogP contribution in [-0.4, -0.2) is 39.5 Å². The fraction of sp³-hybridized carbons (Fsp3) is 0.500. The van der Waals surface area contributed by atoms with Crippen molar-refractivity contribution in [2.75, 3.05) is 19.8 Å². The minimum atomic E-state index is -4.44. The molecule has 0 unspecified atom stereocenters. The molecule has 0 saturated carbocycles. The van der Waals surface area contributed by atoms with E-state index in [-0.39, 0.29) is 18.0 Å². The molecule has 1 aromatic carbocycles. The highest BCUT2D eigenvalue weighted by atomic mass is 32.2. The second kappa shape index (κ2) is 7.21. The predicted molar refractivity (Wildman–Crippen MR) is 69.2 cm³/mol. The van der Waals surface area contributed by atoms with Crippen molar-refractivity contribution in [2.45, 2.75) is 24.6 Å². The molecule has 0 spiro atoms. The Balaban J connectivity index is 2.62. The second-order valence-corrected chi connectivity index (χ2v) is 6.06. The molecular formula is C12H16F3NO4S. The number of halogens is 3. The molecule has 5 nitrogen and oxygen atoms in total. The number of hydrogen-bond acceptors (Lipinski definition) is 4. The minimum absolute atomic E-state index is 0.0233. The smallest absolute Gasteiger partial charge is 0.392 e. The maximum Gasteiger partial charge on any atom is 0.411 e. The zero-order chi connectivity index (χ0) is 16.1. The van der Waals surface area contributed by atoms with Crippen molar-refractivity contribution in [3.05, 3.63) is 29.3 Å². The van der Waals surface area contributed by atoms with Gasteiger partial charge < -0.3 is 9.84 Å². The van der Waals surface area contributed by atoms with Crippen LogP contribution in [0.3, 0.4) is 0 Å². The molecule has 0 atom stereocenters. The molecule has 1 rings (SSSR count). The van der Waals surface area contributed by atoms with Crippen LogP contribution in [0.25, 0.3) is 0 Å². The van der Waals surface area contributed by atoms with Gasteiger partial charge in [-0.25, -0.2) is 13.1 Å². The summed E-state index contributed by atoms with van der Waals surface area (Å²) in [5.41, 5.74) is 0.894. The molecule has 120 valence electrons. The second-order valence-electron chi connectivity index (χ2n) is 4.32. The Morgan fingerprint density at radius 3 is 2.57 bits per heavy atom. The predicted octanol–water partition coefficient (Wildman–Crippen LogP) is 1.34. The Labute approximate surface area is 120 Å². The first-order valence-corrected chi connectivity index (χ1v) is 7.48. The van der Waals surface area contributed by atoms with Gasteiger partial charge >= 0.3 is 6.18 Å². The quantitative estimate of drug-likeness (QED) is 0.741. The number of alkyl halides is 3. The van der Waals surface area contributed by atoms with Crippen molar-refractivity contribution in [2.24, 2.45) is 0 Å². The van der Waals surface area contributed by atoms with Crippen molar-refractivity contribution < 1.29 is 31.4 Å². The molecule has 0 aliphatic rings. The van der Waals surface area contributed by atoms with Crippen LogP contribution in [0.2, 0.25) is 0 Å². The van der Waals surface area contributed by atoms with E-state index in [1.807, 2.05) is 0 Å². The summed E-state index contributed by atoms with van der Waals surface area (Å²) in [6.45, 7) is -0.820. The standard InChI is InChI=1S/C12H16F3NO4S/c1-9-2-3-10(7-17)6-11(9)21(18,19)16-4-5-20-8-12(13,14)15/h2-3,6,16-17H,4-5,7-8H2,1H3. The van der Waals surface area contributed by atoms with E-state index in [9.17, 15) is 21.6 Å². The number of benzene rings is 1. The lowest BCUT2D eigenvalue weighted by molar-refractivity contribution is -0.173. The molecule has 0 bridgehead atoms. The van der Waals surface area contributed by atoms with Crippen LogP contribution in [0.1, 0.15) is 11.1 Å². The fourth-order valence-electron chi connectivity index (χ4n) is 1.55. The molecule has 21 heavy (non-hydrogen) atoms. The molecule has 0 aromatic heterocycles. The number of nitrogens with one attached hydrogen (secondary N) is 1. The van der Waals surface area contributed by atoms with E-state index < -0.39 is 29.4 Å². The van der Waals surface area contributed by atoms with Gasteiger partial charge in [-0.2, -0.15) is 13.2 Å². The van der Waals surface area contributed by atoms with E-state index >= 15 is 0 Å². The summed E-state index contributed by atoms with van der Waals surface area (Å²) in [6, 6.07) is 4.44. The van der Waals surface area contributed by atoms with Crippen LogP contribution in [-0.2, 0) is 21.4 Å². The summed E-state index contributed by atoms with van der Waals surface area (Å²) < 4.78 is 66.0. The summed E-state index contributed by atoms with van der Waals surface area (Å²) in [5.74, 6) is 0. The van der Waals surface area contributed by atoms with Gasteiger partial charge in [0.15, 0.2) is 0 Å². The maximum absolute atomic E-state index is 12.0. The largest absolute Gasteiger partial charge is 0.411 e. The van der Waals surface area contributed by atoms with Crippen LogP contribution in [0.4, 0.5) is 13.2 Å². The van der Waals surface area contributed by atoms with Crippen LogP contribution < -0.4 is 4.72 Å². The average Bonchev–Trinajstić information content (AvgIpc) is 2.37. The van der Waals surface area contributed by atoms with Gasteiger partial charge in [0.25, 0.3) is 0 Å². The Bertz CT molecular complexity index is 572. The van der Waals surface area contributed by atoms with Gasteiger partial charge in [0.05, 0.1) is 18.1 Å². The van der Waals surface area contributed by atoms with E-state index in [0.717, 1.165) is 0 Å². The van der Waals surface area contributed by atoms with E-state index in [1.54, 1.807) is 19.1 Å². The monoisotopic (exact) mass is 327 g/mol. The first-order valence-electron chi connectivity index (χ1n) is 6.00. The van der Waals surface area contributed by atoms with Gasteiger partial charge in [0.2, 0.25) is 10.0 Å². The highest BCUT2D eigenvalue weighted by Gasteiger charge is 2.27. The zero-order valence-electron chi connectivity index (χ0n) is 11.3. The molecule has 9 heteroatoms. The molecule has 0 aliphatic carbocycles.